The van der Waals surface area contributed by atoms with E-state index in [4.69, 9.17) is 0 Å². The first-order valence-corrected chi connectivity index (χ1v) is 11.4. The van der Waals surface area contributed by atoms with Gasteiger partial charge in [0.2, 0.25) is 0 Å². The lowest BCUT2D eigenvalue weighted by Crippen LogP contribution is -2.29. The Balaban J connectivity index is 1.30. The van der Waals surface area contributed by atoms with Crippen molar-refractivity contribution in [3.05, 3.63) is 108 Å². The first-order chi connectivity index (χ1) is 17.6. The molecule has 2 N–H and O–H groups in total. The van der Waals surface area contributed by atoms with Gasteiger partial charge in [-0.05, 0) is 29.8 Å². The SMILES string of the molecule is Cn1cc(C(NC(=O)c2cccc(NCc3nnc(-c4ccncn4)n3C)c2)c2ccccc2)cn1. The predicted molar refractivity (Wildman–Crippen MR) is 135 cm³/mol. The zero-order chi connectivity index (χ0) is 24.9. The number of carbonyl (C=O) groups excluding carboxylic acids is 1. The Kier molecular flexibility index (Phi) is 6.48. The van der Waals surface area contributed by atoms with E-state index in [1.165, 1.54) is 6.33 Å². The van der Waals surface area contributed by atoms with Gasteiger partial charge >= 0.3 is 0 Å². The molecule has 3 heterocycles. The molecule has 2 aromatic carbocycles. The molecule has 10 heteroatoms. The summed E-state index contributed by atoms with van der Waals surface area (Å²) in [5.74, 6) is 1.21. The Bertz CT molecular complexity index is 1460. The lowest BCUT2D eigenvalue weighted by atomic mass is 10.0. The number of nitrogens with one attached hydrogen (secondary N) is 2. The van der Waals surface area contributed by atoms with Crippen molar-refractivity contribution in [1.82, 2.24) is 39.8 Å². The van der Waals surface area contributed by atoms with Gasteiger partial charge in [-0.3, -0.25) is 9.48 Å². The summed E-state index contributed by atoms with van der Waals surface area (Å²) in [6, 6.07) is 18.7. The van der Waals surface area contributed by atoms with E-state index in [0.717, 1.165) is 22.6 Å². The number of rotatable bonds is 8. The molecule has 0 fully saturated rings. The van der Waals surface area contributed by atoms with E-state index in [9.17, 15) is 4.79 Å². The minimum Gasteiger partial charge on any atom is -0.378 e. The maximum Gasteiger partial charge on any atom is 0.252 e. The number of amides is 1. The van der Waals surface area contributed by atoms with Crippen LogP contribution in [0.5, 0.6) is 0 Å². The standard InChI is InChI=1S/C26H25N9O/c1-34-16-20(14-30-34)24(18-7-4-3-5-8-18)31-26(36)19-9-6-10-21(13-19)28-15-23-32-33-25(35(23)2)22-11-12-27-17-29-22/h3-14,16-17,24,28H,15H2,1-2H3,(H,31,36). The summed E-state index contributed by atoms with van der Waals surface area (Å²) in [5, 5.41) is 19.3. The van der Waals surface area contributed by atoms with Crippen LogP contribution in [0.25, 0.3) is 11.5 Å². The van der Waals surface area contributed by atoms with Crippen molar-refractivity contribution in [2.24, 2.45) is 14.1 Å². The Labute approximate surface area is 208 Å². The van der Waals surface area contributed by atoms with E-state index in [-0.39, 0.29) is 11.9 Å². The second-order valence-corrected chi connectivity index (χ2v) is 8.29. The molecular formula is C26H25N9O. The van der Waals surface area contributed by atoms with Gasteiger partial charge in [0.15, 0.2) is 11.6 Å². The minimum atomic E-state index is -0.317. The summed E-state index contributed by atoms with van der Waals surface area (Å²) in [5.41, 5.74) is 3.94. The first-order valence-electron chi connectivity index (χ1n) is 11.4. The quantitative estimate of drug-likeness (QED) is 0.351. The molecule has 0 aliphatic heterocycles. The second kappa shape index (κ2) is 10.2. The summed E-state index contributed by atoms with van der Waals surface area (Å²) in [6.07, 6.45) is 6.83. The van der Waals surface area contributed by atoms with Gasteiger partial charge in [-0.2, -0.15) is 5.10 Å². The third-order valence-corrected chi connectivity index (χ3v) is 5.82. The smallest absolute Gasteiger partial charge is 0.252 e. The molecule has 5 aromatic rings. The Morgan fingerprint density at radius 2 is 1.86 bits per heavy atom. The van der Waals surface area contributed by atoms with Crippen LogP contribution in [0.4, 0.5) is 5.69 Å². The Morgan fingerprint density at radius 3 is 2.61 bits per heavy atom. The summed E-state index contributed by atoms with van der Waals surface area (Å²) < 4.78 is 3.61. The molecule has 1 amide bonds. The highest BCUT2D eigenvalue weighted by Crippen LogP contribution is 2.23. The van der Waals surface area contributed by atoms with Crippen LogP contribution in [-0.4, -0.2) is 40.4 Å². The lowest BCUT2D eigenvalue weighted by molar-refractivity contribution is 0.0943. The van der Waals surface area contributed by atoms with Gasteiger partial charge in [-0.25, -0.2) is 9.97 Å². The molecule has 0 spiro atoms. The fourth-order valence-electron chi connectivity index (χ4n) is 3.92. The van der Waals surface area contributed by atoms with E-state index < -0.39 is 0 Å². The summed E-state index contributed by atoms with van der Waals surface area (Å²) in [6.45, 7) is 0.433. The van der Waals surface area contributed by atoms with Gasteiger partial charge in [0.05, 0.1) is 18.8 Å². The first kappa shape index (κ1) is 22.9. The van der Waals surface area contributed by atoms with Crippen molar-refractivity contribution in [3.8, 4) is 11.5 Å². The number of hydrogen-bond donors (Lipinski definition) is 2. The van der Waals surface area contributed by atoms with Crippen LogP contribution in [0.1, 0.15) is 33.4 Å². The van der Waals surface area contributed by atoms with Crippen LogP contribution >= 0.6 is 0 Å². The molecule has 1 atom stereocenters. The Hall–Kier alpha value is -4.86. The third kappa shape index (κ3) is 4.97. The fourth-order valence-corrected chi connectivity index (χ4v) is 3.92. The van der Waals surface area contributed by atoms with Crippen molar-refractivity contribution in [1.29, 1.82) is 0 Å². The topological polar surface area (TPSA) is 115 Å². The molecule has 10 nitrogen and oxygen atoms in total. The van der Waals surface area contributed by atoms with Crippen molar-refractivity contribution in [2.75, 3.05) is 5.32 Å². The normalized spacial score (nSPS) is 11.7. The van der Waals surface area contributed by atoms with E-state index in [1.54, 1.807) is 29.2 Å². The number of carbonyl (C=O) groups is 1. The average Bonchev–Trinajstić information content (AvgIpc) is 3.52. The molecule has 3 aromatic heterocycles. The summed E-state index contributed by atoms with van der Waals surface area (Å²) in [4.78, 5) is 21.4. The highest BCUT2D eigenvalue weighted by atomic mass is 16.1. The van der Waals surface area contributed by atoms with Crippen LogP contribution in [0, 0.1) is 0 Å². The van der Waals surface area contributed by atoms with Crippen LogP contribution in [0.2, 0.25) is 0 Å². The zero-order valence-electron chi connectivity index (χ0n) is 19.9. The number of anilines is 1. The van der Waals surface area contributed by atoms with Crippen molar-refractivity contribution < 1.29 is 4.79 Å². The minimum absolute atomic E-state index is 0.180. The van der Waals surface area contributed by atoms with Gasteiger partial charge < -0.3 is 15.2 Å². The molecule has 0 aliphatic rings. The maximum absolute atomic E-state index is 13.2. The number of hydrogen-bond acceptors (Lipinski definition) is 7. The Morgan fingerprint density at radius 1 is 1.00 bits per heavy atom. The van der Waals surface area contributed by atoms with Crippen LogP contribution in [-0.2, 0) is 20.6 Å². The van der Waals surface area contributed by atoms with E-state index >= 15 is 0 Å². The molecule has 5 rings (SSSR count). The molecule has 36 heavy (non-hydrogen) atoms. The third-order valence-electron chi connectivity index (χ3n) is 5.82. The second-order valence-electron chi connectivity index (χ2n) is 8.29. The monoisotopic (exact) mass is 479 g/mol. The van der Waals surface area contributed by atoms with Gasteiger partial charge in [-0.15, -0.1) is 10.2 Å². The number of benzene rings is 2. The molecule has 0 aliphatic carbocycles. The summed E-state index contributed by atoms with van der Waals surface area (Å²) in [7, 11) is 3.75. The maximum atomic E-state index is 13.2. The van der Waals surface area contributed by atoms with Crippen LogP contribution < -0.4 is 10.6 Å². The molecule has 0 saturated carbocycles. The predicted octanol–water partition coefficient (Wildman–Crippen LogP) is 3.14. The highest BCUT2D eigenvalue weighted by molar-refractivity contribution is 5.95. The molecule has 0 bridgehead atoms. The van der Waals surface area contributed by atoms with Crippen molar-refractivity contribution in [3.63, 3.8) is 0 Å². The molecule has 0 saturated heterocycles. The molecule has 0 radical (unpaired) electrons. The number of aryl methyl sites for hydroxylation is 1. The summed E-state index contributed by atoms with van der Waals surface area (Å²) >= 11 is 0. The van der Waals surface area contributed by atoms with Gasteiger partial charge in [0, 0.05) is 43.3 Å². The van der Waals surface area contributed by atoms with Gasteiger partial charge in [0.1, 0.15) is 12.0 Å². The van der Waals surface area contributed by atoms with E-state index in [0.29, 0.717) is 23.6 Å². The van der Waals surface area contributed by atoms with Crippen molar-refractivity contribution >= 4 is 11.6 Å². The zero-order valence-corrected chi connectivity index (χ0v) is 19.9. The fraction of sp³-hybridized carbons (Fsp3) is 0.154. The van der Waals surface area contributed by atoms with Crippen LogP contribution in [0.3, 0.4) is 0 Å². The molecule has 180 valence electrons. The van der Waals surface area contributed by atoms with Gasteiger partial charge in [0.25, 0.3) is 5.91 Å². The van der Waals surface area contributed by atoms with E-state index in [1.807, 2.05) is 73.4 Å². The largest absolute Gasteiger partial charge is 0.378 e. The lowest BCUT2D eigenvalue weighted by Gasteiger charge is -2.18. The average molecular weight is 480 g/mol. The van der Waals surface area contributed by atoms with Gasteiger partial charge in [-0.1, -0.05) is 36.4 Å². The molecular weight excluding hydrogens is 454 g/mol. The number of nitrogens with zero attached hydrogens (tertiary/aromatic N) is 7. The van der Waals surface area contributed by atoms with Crippen molar-refractivity contribution in [2.45, 2.75) is 12.6 Å². The van der Waals surface area contributed by atoms with E-state index in [2.05, 4.69) is 35.9 Å². The molecule has 1 unspecified atom stereocenters. The van der Waals surface area contributed by atoms with Crippen LogP contribution in [0.15, 0.2) is 85.6 Å². The highest BCUT2D eigenvalue weighted by Gasteiger charge is 2.19. The number of aromatic nitrogens is 7.